The Balaban J connectivity index is 1.04. The Morgan fingerprint density at radius 2 is 0.745 bits per heavy atom. The van der Waals surface area contributed by atoms with Gasteiger partial charge in [-0.1, -0.05) is 164 Å². The lowest BCUT2D eigenvalue weighted by molar-refractivity contribution is 1.07. The lowest BCUT2D eigenvalue weighted by Gasteiger charge is -2.12. The van der Waals surface area contributed by atoms with Crippen LogP contribution in [0.3, 0.4) is 0 Å². The van der Waals surface area contributed by atoms with E-state index < -0.39 is 0 Å². The minimum absolute atomic E-state index is 0.641. The molecule has 0 N–H and O–H groups in total. The average Bonchev–Trinajstić information content (AvgIpc) is 3.63. The molecule has 0 aliphatic rings. The van der Waals surface area contributed by atoms with Crippen molar-refractivity contribution in [1.29, 1.82) is 0 Å². The first-order valence-electron chi connectivity index (χ1n) is 18.5. The number of hydrogen-bond donors (Lipinski definition) is 0. The molecule has 0 saturated heterocycles. The Kier molecular flexibility index (Phi) is 7.35. The van der Waals surface area contributed by atoms with Gasteiger partial charge < -0.3 is 0 Å². The molecule has 0 bridgehead atoms. The molecule has 0 aliphatic heterocycles. The maximum absolute atomic E-state index is 5.12. The van der Waals surface area contributed by atoms with Gasteiger partial charge in [0.05, 0.1) is 0 Å². The summed E-state index contributed by atoms with van der Waals surface area (Å²) in [5, 5.41) is 9.89. The van der Waals surface area contributed by atoms with Crippen LogP contribution in [0.1, 0.15) is 0 Å². The fourth-order valence-corrected chi connectivity index (χ4v) is 9.07. The third-order valence-corrected chi connectivity index (χ3v) is 11.8. The molecule has 0 amide bonds. The highest BCUT2D eigenvalue weighted by Crippen LogP contribution is 2.44. The van der Waals surface area contributed by atoms with Crippen LogP contribution in [0.25, 0.3) is 109 Å². The molecule has 4 heteroatoms. The van der Waals surface area contributed by atoms with Crippen molar-refractivity contribution in [1.82, 2.24) is 15.0 Å². The first-order valence-corrected chi connectivity index (χ1v) is 19.3. The van der Waals surface area contributed by atoms with E-state index in [9.17, 15) is 0 Å². The van der Waals surface area contributed by atoms with E-state index in [4.69, 9.17) is 15.0 Å². The molecule has 9 aromatic carbocycles. The molecular formula is C51H31N3S. The highest BCUT2D eigenvalue weighted by atomic mass is 32.1. The molecule has 55 heavy (non-hydrogen) atoms. The Labute approximate surface area is 321 Å². The summed E-state index contributed by atoms with van der Waals surface area (Å²) in [6.07, 6.45) is 0. The molecule has 3 nitrogen and oxygen atoms in total. The van der Waals surface area contributed by atoms with Gasteiger partial charge in [0.15, 0.2) is 17.5 Å². The third kappa shape index (κ3) is 5.54. The van der Waals surface area contributed by atoms with Gasteiger partial charge in [0.2, 0.25) is 0 Å². The van der Waals surface area contributed by atoms with E-state index in [2.05, 4.69) is 188 Å². The van der Waals surface area contributed by atoms with E-state index in [1.165, 1.54) is 63.8 Å². The molecule has 11 rings (SSSR count). The van der Waals surface area contributed by atoms with Crippen molar-refractivity contribution >= 4 is 63.8 Å². The zero-order valence-corrected chi connectivity index (χ0v) is 30.5. The first kappa shape index (κ1) is 31.5. The van der Waals surface area contributed by atoms with Crippen LogP contribution >= 0.6 is 11.3 Å². The maximum Gasteiger partial charge on any atom is 0.164 e. The van der Waals surface area contributed by atoms with E-state index in [0.29, 0.717) is 17.5 Å². The van der Waals surface area contributed by atoms with Crippen molar-refractivity contribution in [3.63, 3.8) is 0 Å². The molecule has 0 saturated carbocycles. The number of hydrogen-bond acceptors (Lipinski definition) is 4. The van der Waals surface area contributed by atoms with Gasteiger partial charge in [0.1, 0.15) is 0 Å². The molecule has 0 unspecified atom stereocenters. The number of fused-ring (bicyclic) bond motifs is 6. The van der Waals surface area contributed by atoms with Crippen LogP contribution in [0, 0.1) is 0 Å². The Bertz CT molecular complexity index is 3250. The van der Waals surface area contributed by atoms with E-state index in [-0.39, 0.29) is 0 Å². The molecule has 0 aliphatic carbocycles. The molecular weight excluding hydrogens is 687 g/mol. The summed E-state index contributed by atoms with van der Waals surface area (Å²) in [7, 11) is 0. The normalized spacial score (nSPS) is 11.6. The van der Waals surface area contributed by atoms with Gasteiger partial charge in [-0.2, -0.15) is 0 Å². The molecule has 2 aromatic heterocycles. The zero-order chi connectivity index (χ0) is 36.3. The van der Waals surface area contributed by atoms with Crippen molar-refractivity contribution in [2.45, 2.75) is 0 Å². The quantitative estimate of drug-likeness (QED) is 0.178. The van der Waals surface area contributed by atoms with E-state index in [1.807, 2.05) is 11.3 Å². The Morgan fingerprint density at radius 3 is 1.40 bits per heavy atom. The van der Waals surface area contributed by atoms with Crippen molar-refractivity contribution in [3.05, 3.63) is 188 Å². The topological polar surface area (TPSA) is 38.7 Å². The second-order valence-corrected chi connectivity index (χ2v) is 15.1. The third-order valence-electron chi connectivity index (χ3n) is 10.7. The van der Waals surface area contributed by atoms with Crippen LogP contribution in [0.5, 0.6) is 0 Å². The van der Waals surface area contributed by atoms with Crippen molar-refractivity contribution in [2.24, 2.45) is 0 Å². The standard InChI is InChI=1S/C51H31N3S/c1-3-11-38-29-40(27-19-32(38)9-1)34-17-23-36(24-18-34)49-52-50(54-51(53-49)42-28-20-33-10-2-4-12-39(33)30-42)37-25-21-35(22-26-37)47-43-14-6-5-13-41(43)31-46-48(47)44-15-7-8-16-45(44)55-46/h1-31H. The fraction of sp³-hybridized carbons (Fsp3) is 0. The average molecular weight is 718 g/mol. The SMILES string of the molecule is c1ccc2cc(-c3ccc(-c4nc(-c5ccc(-c6c7ccccc7cc7sc8ccccc8c67)cc5)nc(-c5ccc6ccccc6c5)n4)cc3)ccc2c1. The van der Waals surface area contributed by atoms with Gasteiger partial charge in [0, 0.05) is 36.9 Å². The van der Waals surface area contributed by atoms with Gasteiger partial charge >= 0.3 is 0 Å². The van der Waals surface area contributed by atoms with E-state index in [0.717, 1.165) is 27.6 Å². The predicted octanol–water partition coefficient (Wildman–Crippen LogP) is 14.0. The zero-order valence-electron chi connectivity index (χ0n) is 29.6. The summed E-state index contributed by atoms with van der Waals surface area (Å²) < 4.78 is 2.60. The van der Waals surface area contributed by atoms with Gasteiger partial charge in [0.25, 0.3) is 0 Å². The number of nitrogens with zero attached hydrogens (tertiary/aromatic N) is 3. The first-order chi connectivity index (χ1) is 27.2. The van der Waals surface area contributed by atoms with Crippen molar-refractivity contribution < 1.29 is 0 Å². The smallest absolute Gasteiger partial charge is 0.164 e. The molecule has 11 aromatic rings. The van der Waals surface area contributed by atoms with Crippen molar-refractivity contribution in [2.75, 3.05) is 0 Å². The maximum atomic E-state index is 5.12. The number of thiophene rings is 1. The highest BCUT2D eigenvalue weighted by molar-refractivity contribution is 7.26. The van der Waals surface area contributed by atoms with E-state index >= 15 is 0 Å². The van der Waals surface area contributed by atoms with Crippen LogP contribution < -0.4 is 0 Å². The number of benzene rings is 9. The summed E-state index contributed by atoms with van der Waals surface area (Å²) in [6.45, 7) is 0. The summed E-state index contributed by atoms with van der Waals surface area (Å²) in [6, 6.07) is 67.0. The minimum atomic E-state index is 0.641. The molecule has 0 fully saturated rings. The van der Waals surface area contributed by atoms with Gasteiger partial charge in [-0.15, -0.1) is 11.3 Å². The molecule has 0 spiro atoms. The Hall–Kier alpha value is -7.01. The van der Waals surface area contributed by atoms with Gasteiger partial charge in [-0.3, -0.25) is 0 Å². The van der Waals surface area contributed by atoms with Crippen LogP contribution in [-0.2, 0) is 0 Å². The lowest BCUT2D eigenvalue weighted by Crippen LogP contribution is -2.00. The number of rotatable bonds is 5. The van der Waals surface area contributed by atoms with Crippen molar-refractivity contribution in [3.8, 4) is 56.4 Å². The molecule has 256 valence electrons. The summed E-state index contributed by atoms with van der Waals surface area (Å²) >= 11 is 1.86. The van der Waals surface area contributed by atoms with Crippen LogP contribution in [0.2, 0.25) is 0 Å². The molecule has 0 atom stereocenters. The molecule has 0 radical (unpaired) electrons. The number of aromatic nitrogens is 3. The second-order valence-electron chi connectivity index (χ2n) is 14.0. The fourth-order valence-electron chi connectivity index (χ4n) is 7.91. The van der Waals surface area contributed by atoms with Crippen LogP contribution in [-0.4, -0.2) is 15.0 Å². The summed E-state index contributed by atoms with van der Waals surface area (Å²) in [4.78, 5) is 15.3. The van der Waals surface area contributed by atoms with Crippen LogP contribution in [0.4, 0.5) is 0 Å². The van der Waals surface area contributed by atoms with Gasteiger partial charge in [-0.25, -0.2) is 15.0 Å². The largest absolute Gasteiger partial charge is 0.208 e. The highest BCUT2D eigenvalue weighted by Gasteiger charge is 2.17. The van der Waals surface area contributed by atoms with Gasteiger partial charge in [-0.05, 0) is 78.8 Å². The monoisotopic (exact) mass is 717 g/mol. The summed E-state index contributed by atoms with van der Waals surface area (Å²) in [5.74, 6) is 1.93. The Morgan fingerprint density at radius 1 is 0.291 bits per heavy atom. The second kappa shape index (κ2) is 12.8. The minimum Gasteiger partial charge on any atom is -0.208 e. The summed E-state index contributed by atoms with van der Waals surface area (Å²) in [5.41, 5.74) is 7.59. The lowest BCUT2D eigenvalue weighted by atomic mass is 9.93. The molecule has 2 heterocycles. The van der Waals surface area contributed by atoms with E-state index in [1.54, 1.807) is 0 Å². The van der Waals surface area contributed by atoms with Crippen LogP contribution in [0.15, 0.2) is 188 Å². The predicted molar refractivity (Wildman–Crippen MR) is 232 cm³/mol.